The van der Waals surface area contributed by atoms with E-state index in [0.29, 0.717) is 34.2 Å². The molecule has 0 aliphatic carbocycles. The lowest BCUT2D eigenvalue weighted by Crippen LogP contribution is -2.29. The van der Waals surface area contributed by atoms with Crippen LogP contribution in [0.15, 0.2) is 59.4 Å². The average molecular weight is 395 g/mol. The Hall–Kier alpha value is -3.81. The SMILES string of the molecule is COc1ccc(OC)c(-c2ccc(=O)n(CC(=O)Nc3ccccc3OC)n2)c1. The lowest BCUT2D eigenvalue weighted by molar-refractivity contribution is -0.117. The summed E-state index contributed by atoms with van der Waals surface area (Å²) in [6.07, 6.45) is 0. The molecule has 8 heteroatoms. The van der Waals surface area contributed by atoms with Gasteiger partial charge in [0.1, 0.15) is 23.8 Å². The molecule has 1 heterocycles. The third kappa shape index (κ3) is 4.55. The van der Waals surface area contributed by atoms with Crippen molar-refractivity contribution in [2.24, 2.45) is 0 Å². The molecule has 0 radical (unpaired) electrons. The van der Waals surface area contributed by atoms with E-state index >= 15 is 0 Å². The molecular weight excluding hydrogens is 374 g/mol. The van der Waals surface area contributed by atoms with E-state index in [0.717, 1.165) is 4.68 Å². The standard InChI is InChI=1S/C21H21N3O5/c1-27-14-8-10-18(28-2)15(12-14)16-9-11-21(26)24(23-16)13-20(25)22-17-6-4-5-7-19(17)29-3/h4-12H,13H2,1-3H3,(H,22,25). The van der Waals surface area contributed by atoms with Crippen molar-refractivity contribution in [3.63, 3.8) is 0 Å². The number of amides is 1. The highest BCUT2D eigenvalue weighted by Crippen LogP contribution is 2.31. The molecule has 3 aromatic rings. The Bertz CT molecular complexity index is 1080. The van der Waals surface area contributed by atoms with Gasteiger partial charge in [0.25, 0.3) is 5.56 Å². The molecule has 150 valence electrons. The van der Waals surface area contributed by atoms with Crippen LogP contribution in [0.1, 0.15) is 0 Å². The Morgan fingerprint density at radius 1 is 0.966 bits per heavy atom. The molecule has 29 heavy (non-hydrogen) atoms. The van der Waals surface area contributed by atoms with E-state index in [1.54, 1.807) is 62.8 Å². The highest BCUT2D eigenvalue weighted by Gasteiger charge is 2.13. The molecule has 1 N–H and O–H groups in total. The van der Waals surface area contributed by atoms with Crippen molar-refractivity contribution in [2.45, 2.75) is 6.54 Å². The lowest BCUT2D eigenvalue weighted by atomic mass is 10.1. The second-order valence-electron chi connectivity index (χ2n) is 6.03. The quantitative estimate of drug-likeness (QED) is 0.661. The number of nitrogens with zero attached hydrogens (tertiary/aromatic N) is 2. The number of nitrogens with one attached hydrogen (secondary N) is 1. The summed E-state index contributed by atoms with van der Waals surface area (Å²) in [5.74, 6) is 1.31. The maximum atomic E-state index is 12.5. The van der Waals surface area contributed by atoms with E-state index in [2.05, 4.69) is 10.4 Å². The van der Waals surface area contributed by atoms with Crippen LogP contribution in [0.2, 0.25) is 0 Å². The molecule has 0 atom stereocenters. The number of carbonyl (C=O) groups is 1. The summed E-state index contributed by atoms with van der Waals surface area (Å²) in [4.78, 5) is 24.7. The van der Waals surface area contributed by atoms with Gasteiger partial charge in [-0.05, 0) is 36.4 Å². The number of hydrogen-bond donors (Lipinski definition) is 1. The first-order chi connectivity index (χ1) is 14.0. The van der Waals surface area contributed by atoms with Crippen molar-refractivity contribution in [3.8, 4) is 28.5 Å². The van der Waals surface area contributed by atoms with Gasteiger partial charge >= 0.3 is 0 Å². The summed E-state index contributed by atoms with van der Waals surface area (Å²) in [5.41, 5.74) is 1.24. The van der Waals surface area contributed by atoms with Gasteiger partial charge in [0, 0.05) is 11.6 Å². The van der Waals surface area contributed by atoms with Crippen LogP contribution in [0, 0.1) is 0 Å². The first-order valence-electron chi connectivity index (χ1n) is 8.79. The van der Waals surface area contributed by atoms with Gasteiger partial charge in [0.15, 0.2) is 0 Å². The maximum absolute atomic E-state index is 12.5. The summed E-state index contributed by atoms with van der Waals surface area (Å²) in [7, 11) is 4.62. The second kappa shape index (κ2) is 8.92. The molecule has 0 bridgehead atoms. The minimum atomic E-state index is -0.404. The topological polar surface area (TPSA) is 91.7 Å². The molecule has 0 saturated heterocycles. The number of carbonyl (C=O) groups excluding carboxylic acids is 1. The summed E-state index contributed by atoms with van der Waals surface area (Å²) >= 11 is 0. The van der Waals surface area contributed by atoms with E-state index in [1.807, 2.05) is 0 Å². The molecule has 2 aromatic carbocycles. The van der Waals surface area contributed by atoms with Crippen molar-refractivity contribution in [2.75, 3.05) is 26.6 Å². The van der Waals surface area contributed by atoms with Crippen LogP contribution in [-0.2, 0) is 11.3 Å². The van der Waals surface area contributed by atoms with Crippen molar-refractivity contribution in [1.29, 1.82) is 0 Å². The first kappa shape index (κ1) is 19.9. The van der Waals surface area contributed by atoms with Gasteiger partial charge in [-0.15, -0.1) is 0 Å². The minimum absolute atomic E-state index is 0.253. The van der Waals surface area contributed by atoms with Crippen LogP contribution < -0.4 is 25.1 Å². The monoisotopic (exact) mass is 395 g/mol. The van der Waals surface area contributed by atoms with Crippen LogP contribution in [0.5, 0.6) is 17.2 Å². The van der Waals surface area contributed by atoms with Gasteiger partial charge in [-0.3, -0.25) is 9.59 Å². The number of aromatic nitrogens is 2. The van der Waals surface area contributed by atoms with Gasteiger partial charge in [-0.1, -0.05) is 12.1 Å². The van der Waals surface area contributed by atoms with E-state index < -0.39 is 11.5 Å². The normalized spacial score (nSPS) is 10.3. The largest absolute Gasteiger partial charge is 0.497 e. The summed E-state index contributed by atoms with van der Waals surface area (Å²) in [6.45, 7) is -0.253. The smallest absolute Gasteiger partial charge is 0.267 e. The first-order valence-corrected chi connectivity index (χ1v) is 8.79. The van der Waals surface area contributed by atoms with Crippen molar-refractivity contribution >= 4 is 11.6 Å². The van der Waals surface area contributed by atoms with Crippen molar-refractivity contribution < 1.29 is 19.0 Å². The van der Waals surface area contributed by atoms with Gasteiger partial charge in [0.2, 0.25) is 5.91 Å². The molecule has 0 fully saturated rings. The van der Waals surface area contributed by atoms with Gasteiger partial charge in [-0.2, -0.15) is 5.10 Å². The van der Waals surface area contributed by atoms with Gasteiger partial charge in [0.05, 0.1) is 32.7 Å². The zero-order chi connectivity index (χ0) is 20.8. The fourth-order valence-corrected chi connectivity index (χ4v) is 2.79. The molecule has 1 amide bonds. The maximum Gasteiger partial charge on any atom is 0.267 e. The van der Waals surface area contributed by atoms with Crippen LogP contribution in [0.4, 0.5) is 5.69 Å². The second-order valence-corrected chi connectivity index (χ2v) is 6.03. The molecule has 0 unspecified atom stereocenters. The zero-order valence-electron chi connectivity index (χ0n) is 16.3. The molecule has 0 saturated carbocycles. The molecule has 0 aliphatic rings. The van der Waals surface area contributed by atoms with Crippen LogP contribution in [0.3, 0.4) is 0 Å². The Morgan fingerprint density at radius 2 is 1.72 bits per heavy atom. The van der Waals surface area contributed by atoms with E-state index in [-0.39, 0.29) is 6.54 Å². The van der Waals surface area contributed by atoms with E-state index in [9.17, 15) is 9.59 Å². The Labute approximate surface area is 167 Å². The van der Waals surface area contributed by atoms with Crippen LogP contribution in [0.25, 0.3) is 11.3 Å². The number of para-hydroxylation sites is 2. The third-order valence-corrected chi connectivity index (χ3v) is 4.22. The van der Waals surface area contributed by atoms with Crippen LogP contribution >= 0.6 is 0 Å². The minimum Gasteiger partial charge on any atom is -0.497 e. The Kier molecular flexibility index (Phi) is 6.13. The molecule has 8 nitrogen and oxygen atoms in total. The fraction of sp³-hybridized carbons (Fsp3) is 0.190. The molecular formula is C21H21N3O5. The lowest BCUT2D eigenvalue weighted by Gasteiger charge is -2.12. The highest BCUT2D eigenvalue weighted by molar-refractivity contribution is 5.92. The summed E-state index contributed by atoms with van der Waals surface area (Å²) in [6, 6.07) is 15.2. The van der Waals surface area contributed by atoms with Crippen molar-refractivity contribution in [3.05, 3.63) is 65.0 Å². The average Bonchev–Trinajstić information content (AvgIpc) is 2.75. The molecule has 0 aliphatic heterocycles. The molecule has 3 rings (SSSR count). The number of rotatable bonds is 7. The number of hydrogen-bond acceptors (Lipinski definition) is 6. The number of benzene rings is 2. The molecule has 1 aromatic heterocycles. The van der Waals surface area contributed by atoms with Crippen molar-refractivity contribution in [1.82, 2.24) is 9.78 Å². The van der Waals surface area contributed by atoms with E-state index in [4.69, 9.17) is 14.2 Å². The number of anilines is 1. The molecule has 0 spiro atoms. The number of ether oxygens (including phenoxy) is 3. The number of methoxy groups -OCH3 is 3. The Balaban J connectivity index is 1.88. The zero-order valence-corrected chi connectivity index (χ0v) is 16.3. The van der Waals surface area contributed by atoms with Gasteiger partial charge < -0.3 is 19.5 Å². The van der Waals surface area contributed by atoms with Crippen LogP contribution in [-0.4, -0.2) is 37.0 Å². The fourth-order valence-electron chi connectivity index (χ4n) is 2.79. The third-order valence-electron chi connectivity index (χ3n) is 4.22. The highest BCUT2D eigenvalue weighted by atomic mass is 16.5. The van der Waals surface area contributed by atoms with E-state index in [1.165, 1.54) is 13.2 Å². The predicted molar refractivity (Wildman–Crippen MR) is 109 cm³/mol. The Morgan fingerprint density at radius 3 is 2.45 bits per heavy atom. The van der Waals surface area contributed by atoms with Gasteiger partial charge in [-0.25, -0.2) is 4.68 Å². The summed E-state index contributed by atoms with van der Waals surface area (Å²) in [5, 5.41) is 7.06. The summed E-state index contributed by atoms with van der Waals surface area (Å²) < 4.78 is 16.9. The predicted octanol–water partition coefficient (Wildman–Crippen LogP) is 2.57.